The summed E-state index contributed by atoms with van der Waals surface area (Å²) in [7, 11) is 0. The van der Waals surface area contributed by atoms with Gasteiger partial charge in [0.2, 0.25) is 0 Å². The summed E-state index contributed by atoms with van der Waals surface area (Å²) in [4.78, 5) is 12.7. The van der Waals surface area contributed by atoms with Crippen molar-refractivity contribution in [3.63, 3.8) is 0 Å². The average molecular weight is 269 g/mol. The highest BCUT2D eigenvalue weighted by molar-refractivity contribution is 5.69. The van der Waals surface area contributed by atoms with Crippen molar-refractivity contribution in [3.05, 3.63) is 29.6 Å². The van der Waals surface area contributed by atoms with Gasteiger partial charge in [-0.1, -0.05) is 0 Å². The minimum atomic E-state index is -0.960. The molecule has 0 fully saturated rings. The lowest BCUT2D eigenvalue weighted by Crippen LogP contribution is -2.45. The Morgan fingerprint density at radius 2 is 2.00 bits per heavy atom. The number of hydrogen-bond donors (Lipinski definition) is 2. The van der Waals surface area contributed by atoms with Crippen LogP contribution in [0.4, 0.5) is 4.39 Å². The Labute approximate surface area is 112 Å². The first kappa shape index (κ1) is 15.4. The predicted molar refractivity (Wildman–Crippen MR) is 70.6 cm³/mol. The van der Waals surface area contributed by atoms with Crippen molar-refractivity contribution in [1.82, 2.24) is 4.90 Å². The van der Waals surface area contributed by atoms with Gasteiger partial charge in [-0.25, -0.2) is 4.39 Å². The van der Waals surface area contributed by atoms with Gasteiger partial charge in [-0.05, 0) is 45.9 Å². The molecule has 5 heteroatoms. The third kappa shape index (κ3) is 3.92. The Hall–Kier alpha value is -1.62. The molecule has 19 heavy (non-hydrogen) atoms. The molecule has 2 N–H and O–H groups in total. The summed E-state index contributed by atoms with van der Waals surface area (Å²) in [6.45, 7) is 7.21. The summed E-state index contributed by atoms with van der Waals surface area (Å²) in [6.07, 6.45) is 0. The summed E-state index contributed by atoms with van der Waals surface area (Å²) >= 11 is 0. The summed E-state index contributed by atoms with van der Waals surface area (Å²) in [5.74, 6) is -1.45. The van der Waals surface area contributed by atoms with E-state index in [1.54, 1.807) is 11.8 Å². The Kier molecular flexibility index (Phi) is 4.52. The van der Waals surface area contributed by atoms with Crippen LogP contribution in [-0.4, -0.2) is 33.2 Å². The van der Waals surface area contributed by atoms with E-state index in [2.05, 4.69) is 0 Å². The van der Waals surface area contributed by atoms with Crippen LogP contribution in [0, 0.1) is 5.82 Å². The molecule has 0 saturated heterocycles. The number of aromatic hydroxyl groups is 1. The highest BCUT2D eigenvalue weighted by atomic mass is 19.1. The molecule has 0 saturated carbocycles. The van der Waals surface area contributed by atoms with Gasteiger partial charge in [-0.15, -0.1) is 0 Å². The molecule has 4 nitrogen and oxygen atoms in total. The number of carbonyl (C=O) groups is 1. The van der Waals surface area contributed by atoms with Crippen LogP contribution >= 0.6 is 0 Å². The van der Waals surface area contributed by atoms with Gasteiger partial charge in [0.15, 0.2) is 0 Å². The number of benzene rings is 1. The number of halogens is 1. The second-order valence-corrected chi connectivity index (χ2v) is 5.57. The normalized spacial score (nSPS) is 13.6. The zero-order chi connectivity index (χ0) is 14.8. The molecule has 0 radical (unpaired) electrons. The maximum absolute atomic E-state index is 13.3. The molecule has 106 valence electrons. The molecular weight excluding hydrogens is 249 g/mol. The first-order chi connectivity index (χ1) is 8.62. The van der Waals surface area contributed by atoms with Crippen LogP contribution in [-0.2, 0) is 4.79 Å². The maximum Gasteiger partial charge on any atom is 0.317 e. The molecule has 1 aromatic carbocycles. The van der Waals surface area contributed by atoms with E-state index in [4.69, 9.17) is 5.11 Å². The van der Waals surface area contributed by atoms with E-state index in [1.165, 1.54) is 18.2 Å². The number of phenols is 1. The van der Waals surface area contributed by atoms with Crippen LogP contribution in [0.1, 0.15) is 39.3 Å². The summed E-state index contributed by atoms with van der Waals surface area (Å²) in [5, 5.41) is 18.8. The molecule has 0 aliphatic carbocycles. The molecule has 0 aromatic heterocycles. The van der Waals surface area contributed by atoms with Crippen molar-refractivity contribution in [2.45, 2.75) is 39.3 Å². The summed E-state index contributed by atoms with van der Waals surface area (Å²) in [6, 6.07) is 3.28. The molecule has 0 spiro atoms. The first-order valence-electron chi connectivity index (χ1n) is 6.10. The lowest BCUT2D eigenvalue weighted by atomic mass is 9.98. The van der Waals surface area contributed by atoms with Gasteiger partial charge in [-0.2, -0.15) is 0 Å². The zero-order valence-corrected chi connectivity index (χ0v) is 11.6. The number of nitrogens with zero attached hydrogens (tertiary/aromatic N) is 1. The Bertz CT molecular complexity index is 468. The van der Waals surface area contributed by atoms with Gasteiger partial charge in [-0.3, -0.25) is 9.69 Å². The fraction of sp³-hybridized carbons (Fsp3) is 0.500. The third-order valence-corrected chi connectivity index (χ3v) is 3.07. The van der Waals surface area contributed by atoms with Crippen molar-refractivity contribution in [2.75, 3.05) is 6.54 Å². The smallest absolute Gasteiger partial charge is 0.317 e. The van der Waals surface area contributed by atoms with Crippen LogP contribution < -0.4 is 0 Å². The van der Waals surface area contributed by atoms with Crippen LogP contribution in [0.3, 0.4) is 0 Å². The van der Waals surface area contributed by atoms with E-state index in [1.807, 2.05) is 20.8 Å². The van der Waals surface area contributed by atoms with E-state index in [-0.39, 0.29) is 12.3 Å². The zero-order valence-electron chi connectivity index (χ0n) is 11.6. The average Bonchev–Trinajstić information content (AvgIpc) is 2.26. The van der Waals surface area contributed by atoms with Crippen molar-refractivity contribution in [1.29, 1.82) is 0 Å². The number of rotatable bonds is 4. The minimum Gasteiger partial charge on any atom is -0.508 e. The van der Waals surface area contributed by atoms with Gasteiger partial charge in [0, 0.05) is 17.1 Å². The van der Waals surface area contributed by atoms with Gasteiger partial charge in [0.25, 0.3) is 0 Å². The highest BCUT2D eigenvalue weighted by Gasteiger charge is 2.30. The summed E-state index contributed by atoms with van der Waals surface area (Å²) < 4.78 is 13.3. The Morgan fingerprint density at radius 3 is 2.47 bits per heavy atom. The monoisotopic (exact) mass is 269 g/mol. The summed E-state index contributed by atoms with van der Waals surface area (Å²) in [5.41, 5.74) is -0.0347. The van der Waals surface area contributed by atoms with Crippen molar-refractivity contribution in [2.24, 2.45) is 0 Å². The van der Waals surface area contributed by atoms with E-state index in [0.29, 0.717) is 5.56 Å². The molecule has 0 aliphatic rings. The lowest BCUT2D eigenvalue weighted by molar-refractivity contribution is -0.140. The third-order valence-electron chi connectivity index (χ3n) is 3.07. The van der Waals surface area contributed by atoms with Crippen LogP contribution in [0.15, 0.2) is 18.2 Å². The number of carboxylic acid groups (broad SMARTS) is 1. The van der Waals surface area contributed by atoms with E-state index < -0.39 is 23.4 Å². The molecule has 1 aromatic rings. The number of carboxylic acids is 1. The molecule has 0 heterocycles. The number of phenolic OH excluding ortho intramolecular Hbond substituents is 1. The predicted octanol–water partition coefficient (Wildman–Crippen LogP) is 2.78. The van der Waals surface area contributed by atoms with Crippen LogP contribution in [0.5, 0.6) is 5.75 Å². The first-order valence-corrected chi connectivity index (χ1v) is 6.10. The number of hydrogen-bond acceptors (Lipinski definition) is 3. The second-order valence-electron chi connectivity index (χ2n) is 5.57. The molecule has 0 aliphatic heterocycles. The van der Waals surface area contributed by atoms with E-state index >= 15 is 0 Å². The largest absolute Gasteiger partial charge is 0.508 e. The Balaban J connectivity index is 3.15. The number of aliphatic carboxylic acids is 1. The fourth-order valence-corrected chi connectivity index (χ4v) is 2.13. The minimum absolute atomic E-state index is 0.0338. The van der Waals surface area contributed by atoms with Crippen LogP contribution in [0.25, 0.3) is 0 Å². The standard InChI is InChI=1S/C14H20FNO3/c1-9(11-7-10(15)5-6-12(11)17)16(8-13(18)19)14(2,3)4/h5-7,9,17H,8H2,1-4H3,(H,18,19). The molecule has 1 unspecified atom stereocenters. The molecule has 0 bridgehead atoms. The van der Waals surface area contributed by atoms with Gasteiger partial charge in [0.1, 0.15) is 11.6 Å². The topological polar surface area (TPSA) is 60.8 Å². The van der Waals surface area contributed by atoms with Crippen molar-refractivity contribution in [3.8, 4) is 5.75 Å². The van der Waals surface area contributed by atoms with Gasteiger partial charge >= 0.3 is 5.97 Å². The van der Waals surface area contributed by atoms with Gasteiger partial charge in [0.05, 0.1) is 6.54 Å². The molecule has 0 amide bonds. The maximum atomic E-state index is 13.3. The highest BCUT2D eigenvalue weighted by Crippen LogP contribution is 2.33. The quantitative estimate of drug-likeness (QED) is 0.882. The van der Waals surface area contributed by atoms with Crippen LogP contribution in [0.2, 0.25) is 0 Å². The van der Waals surface area contributed by atoms with E-state index in [0.717, 1.165) is 0 Å². The Morgan fingerprint density at radius 1 is 1.42 bits per heavy atom. The molecule has 1 atom stereocenters. The molecular formula is C14H20FNO3. The second kappa shape index (κ2) is 5.57. The SMILES string of the molecule is CC(c1cc(F)ccc1O)N(CC(=O)O)C(C)(C)C. The molecule has 1 rings (SSSR count). The lowest BCUT2D eigenvalue weighted by Gasteiger charge is -2.39. The van der Waals surface area contributed by atoms with Gasteiger partial charge < -0.3 is 10.2 Å². The fourth-order valence-electron chi connectivity index (χ4n) is 2.13. The van der Waals surface area contributed by atoms with E-state index in [9.17, 15) is 14.3 Å². The van der Waals surface area contributed by atoms with Crippen molar-refractivity contribution < 1.29 is 19.4 Å². The van der Waals surface area contributed by atoms with Crippen molar-refractivity contribution >= 4 is 5.97 Å².